The van der Waals surface area contributed by atoms with Gasteiger partial charge in [0.15, 0.2) is 0 Å². The molecule has 0 atom stereocenters. The second-order valence-electron chi connectivity index (χ2n) is 4.67. The van der Waals surface area contributed by atoms with Crippen molar-refractivity contribution in [2.45, 2.75) is 18.7 Å². The maximum absolute atomic E-state index is 12.3. The zero-order valence-corrected chi connectivity index (χ0v) is 18.9. The standard InChI is InChI=1S/C13H15N5O2S3.K/c1-8-3-5-10(6-4-8)23(19,20)18-12-14-9(2)7-11(15-12)16-17-13(21)22;/h3-7H,1-2H3,(H2,17,21,22)(H2,14,15,16,18);/q;+1/p-1. The van der Waals surface area contributed by atoms with Crippen LogP contribution in [0.3, 0.4) is 0 Å². The molecule has 0 unspecified atom stereocenters. The number of aromatic nitrogens is 2. The number of sulfonamides is 1. The number of rotatable bonds is 5. The first-order valence-electron chi connectivity index (χ1n) is 6.44. The average Bonchev–Trinajstić information content (AvgIpc) is 2.44. The first-order valence-corrected chi connectivity index (χ1v) is 8.74. The number of nitrogens with zero attached hydrogens (tertiary/aromatic N) is 2. The molecule has 11 heteroatoms. The van der Waals surface area contributed by atoms with E-state index in [4.69, 9.17) is 24.8 Å². The van der Waals surface area contributed by atoms with Crippen LogP contribution in [0.25, 0.3) is 0 Å². The van der Waals surface area contributed by atoms with Crippen molar-refractivity contribution >= 4 is 51.0 Å². The summed E-state index contributed by atoms with van der Waals surface area (Å²) in [6, 6.07) is 8.08. The molecule has 1 aromatic carbocycles. The quantitative estimate of drug-likeness (QED) is 0.242. The van der Waals surface area contributed by atoms with Gasteiger partial charge in [0.05, 0.1) is 4.90 Å². The van der Waals surface area contributed by atoms with Crippen molar-refractivity contribution in [3.8, 4) is 0 Å². The maximum Gasteiger partial charge on any atom is 1.00 e. The van der Waals surface area contributed by atoms with Gasteiger partial charge in [0, 0.05) is 11.8 Å². The van der Waals surface area contributed by atoms with Gasteiger partial charge in [-0.05, 0) is 30.3 Å². The van der Waals surface area contributed by atoms with Gasteiger partial charge in [-0.25, -0.2) is 18.1 Å². The minimum Gasteiger partial charge on any atom is -0.410 e. The second-order valence-corrected chi connectivity index (χ2v) is 7.43. The van der Waals surface area contributed by atoms with Gasteiger partial charge in [0.1, 0.15) is 5.82 Å². The predicted octanol–water partition coefficient (Wildman–Crippen LogP) is -1.35. The molecule has 0 radical (unpaired) electrons. The topological polar surface area (TPSA) is 96.0 Å². The number of aryl methyl sites for hydroxylation is 2. The van der Waals surface area contributed by atoms with Crippen LogP contribution in [0, 0.1) is 13.8 Å². The first kappa shape index (κ1) is 21.6. The molecule has 122 valence electrons. The van der Waals surface area contributed by atoms with Crippen LogP contribution in [0.5, 0.6) is 0 Å². The maximum atomic E-state index is 12.3. The van der Waals surface area contributed by atoms with E-state index in [0.29, 0.717) is 11.5 Å². The monoisotopic (exact) mass is 407 g/mol. The number of hydrogen-bond acceptors (Lipinski definition) is 7. The summed E-state index contributed by atoms with van der Waals surface area (Å²) in [4.78, 5) is 8.25. The summed E-state index contributed by atoms with van der Waals surface area (Å²) in [6.07, 6.45) is 0. The molecule has 1 heterocycles. The van der Waals surface area contributed by atoms with Gasteiger partial charge >= 0.3 is 51.4 Å². The van der Waals surface area contributed by atoms with Gasteiger partial charge in [-0.2, -0.15) is 4.98 Å². The molecular formula is C13H14KN5O2S3. The number of benzene rings is 1. The Kier molecular flexibility index (Phi) is 8.42. The Labute approximate surface area is 194 Å². The van der Waals surface area contributed by atoms with E-state index in [-0.39, 0.29) is 66.5 Å². The molecule has 3 N–H and O–H groups in total. The van der Waals surface area contributed by atoms with E-state index in [9.17, 15) is 8.42 Å². The molecule has 2 aromatic rings. The molecule has 0 spiro atoms. The fourth-order valence-corrected chi connectivity index (χ4v) is 2.74. The number of hydrazine groups is 1. The molecular weight excluding hydrogens is 393 g/mol. The molecule has 0 amide bonds. The summed E-state index contributed by atoms with van der Waals surface area (Å²) in [5.41, 5.74) is 6.76. The Morgan fingerprint density at radius 1 is 1.17 bits per heavy atom. The molecule has 2 rings (SSSR count). The first-order chi connectivity index (χ1) is 10.8. The van der Waals surface area contributed by atoms with Crippen LogP contribution in [-0.2, 0) is 22.7 Å². The summed E-state index contributed by atoms with van der Waals surface area (Å²) < 4.78 is 27.1. The van der Waals surface area contributed by atoms with Gasteiger partial charge < -0.3 is 30.3 Å². The molecule has 0 saturated heterocycles. The van der Waals surface area contributed by atoms with Gasteiger partial charge in [-0.3, -0.25) is 5.43 Å². The molecule has 1 aromatic heterocycles. The molecule has 0 aliphatic carbocycles. The van der Waals surface area contributed by atoms with Crippen molar-refractivity contribution in [1.29, 1.82) is 0 Å². The van der Waals surface area contributed by atoms with Crippen LogP contribution < -0.4 is 67.0 Å². The van der Waals surface area contributed by atoms with Crippen molar-refractivity contribution in [1.82, 2.24) is 15.4 Å². The summed E-state index contributed by atoms with van der Waals surface area (Å²) >= 11 is 9.42. The van der Waals surface area contributed by atoms with Crippen LogP contribution in [0.2, 0.25) is 0 Å². The van der Waals surface area contributed by atoms with E-state index < -0.39 is 10.0 Å². The number of nitrogens with one attached hydrogen (secondary N) is 3. The third kappa shape index (κ3) is 6.48. The minimum atomic E-state index is -3.76. The Hall–Kier alpha value is -0.404. The molecule has 0 aliphatic heterocycles. The van der Waals surface area contributed by atoms with Gasteiger partial charge in [-0.15, -0.1) is 0 Å². The number of hydrogen-bond donors (Lipinski definition) is 3. The fourth-order valence-electron chi connectivity index (χ4n) is 1.69. The van der Waals surface area contributed by atoms with Crippen LogP contribution in [0.15, 0.2) is 35.2 Å². The number of thiocarbonyl (C=S) groups is 1. The second kappa shape index (κ2) is 9.34. The van der Waals surface area contributed by atoms with Gasteiger partial charge in [0.2, 0.25) is 5.95 Å². The van der Waals surface area contributed by atoms with E-state index >= 15 is 0 Å². The molecule has 0 saturated carbocycles. The van der Waals surface area contributed by atoms with E-state index in [1.165, 1.54) is 12.1 Å². The minimum absolute atomic E-state index is 0. The number of anilines is 2. The molecule has 0 aliphatic rings. The smallest absolute Gasteiger partial charge is 0.410 e. The summed E-state index contributed by atoms with van der Waals surface area (Å²) in [7, 11) is -3.76. The molecule has 24 heavy (non-hydrogen) atoms. The molecule has 0 fully saturated rings. The van der Waals surface area contributed by atoms with Crippen LogP contribution in [-0.4, -0.2) is 22.7 Å². The summed E-state index contributed by atoms with van der Waals surface area (Å²) in [5.74, 6) is 0.288. The normalized spacial score (nSPS) is 10.4. The van der Waals surface area contributed by atoms with Crippen molar-refractivity contribution < 1.29 is 59.8 Å². The van der Waals surface area contributed by atoms with Crippen LogP contribution in [0.1, 0.15) is 11.3 Å². The Bertz CT molecular complexity index is 828. The van der Waals surface area contributed by atoms with Crippen LogP contribution in [0.4, 0.5) is 11.8 Å². The molecule has 7 nitrogen and oxygen atoms in total. The third-order valence-corrected chi connectivity index (χ3v) is 4.25. The van der Waals surface area contributed by atoms with E-state index in [1.54, 1.807) is 25.1 Å². The van der Waals surface area contributed by atoms with E-state index in [0.717, 1.165) is 5.56 Å². The van der Waals surface area contributed by atoms with Gasteiger partial charge in [-0.1, -0.05) is 17.7 Å². The van der Waals surface area contributed by atoms with Crippen molar-refractivity contribution in [2.24, 2.45) is 0 Å². The largest absolute Gasteiger partial charge is 1.00 e. The summed E-state index contributed by atoms with van der Waals surface area (Å²) in [6.45, 7) is 3.59. The fraction of sp³-hybridized carbons (Fsp3) is 0.154. The molecule has 0 bridgehead atoms. The van der Waals surface area contributed by atoms with Crippen LogP contribution >= 0.6 is 12.2 Å². The zero-order valence-electron chi connectivity index (χ0n) is 13.3. The van der Waals surface area contributed by atoms with Crippen molar-refractivity contribution in [3.05, 3.63) is 41.6 Å². The Balaban J connectivity index is 0.00000288. The van der Waals surface area contributed by atoms with E-state index in [1.807, 2.05) is 6.92 Å². The summed E-state index contributed by atoms with van der Waals surface area (Å²) in [5, 5.41) is 0. The third-order valence-electron chi connectivity index (χ3n) is 2.70. The zero-order chi connectivity index (χ0) is 17.0. The van der Waals surface area contributed by atoms with Gasteiger partial charge in [0.25, 0.3) is 10.0 Å². The Morgan fingerprint density at radius 2 is 1.79 bits per heavy atom. The Morgan fingerprint density at radius 3 is 2.38 bits per heavy atom. The average molecular weight is 408 g/mol. The van der Waals surface area contributed by atoms with E-state index in [2.05, 4.69) is 25.5 Å². The SMILES string of the molecule is Cc1ccc(S(=O)(=O)Nc2nc(C)cc(NNC(=S)[S-])n2)cc1.[K+]. The van der Waals surface area contributed by atoms with Crippen molar-refractivity contribution in [2.75, 3.05) is 10.1 Å². The van der Waals surface area contributed by atoms with Crippen molar-refractivity contribution in [3.63, 3.8) is 0 Å². The predicted molar refractivity (Wildman–Crippen MR) is 95.5 cm³/mol.